The van der Waals surface area contributed by atoms with Gasteiger partial charge in [-0.2, -0.15) is 0 Å². The Morgan fingerprint density at radius 2 is 0.810 bits per heavy atom. The highest BCUT2D eigenvalue weighted by Gasteiger charge is 2.52. The number of unbranched alkanes of at least 4 members (excludes halogenated alkanes) is 20. The Labute approximate surface area is 470 Å². The molecule has 2 rings (SSSR count). The predicted molar refractivity (Wildman–Crippen MR) is 289 cm³/mol. The standard InChI is InChI=1S/C56H105N2O20P/c1-5-9-13-17-19-23-27-29-39(60)33-45(64)57-49-53(76-47(66)35-41(62)31-25-21-15-11-7-3)51(68)43(37-59)74-55(49)73-38-44-52(69)54(77-48(67)36-42(63)32-26-22-16-12-8-4)50(56(75-44)78-79(70,71)72)58-46(65)34-40(61)30-28-24-20-18-14-10-6-2/h39-44,49-56,59-63,68-69H,5-38H2,1-4H3,(H,57,64)(H,58,65)(H2,70,71,72)/p-2/t39-,40-,41-,42-,43-,44-,49-,50-,51-,52-,53-,54-,55-,56-/m1/s1. The van der Waals surface area contributed by atoms with Gasteiger partial charge in [-0.25, -0.2) is 0 Å². The van der Waals surface area contributed by atoms with Crippen LogP contribution in [0.4, 0.5) is 0 Å². The van der Waals surface area contributed by atoms with Crippen LogP contribution in [0.1, 0.15) is 233 Å². The molecule has 2 aliphatic rings. The number of amides is 2. The van der Waals surface area contributed by atoms with Gasteiger partial charge in [0.1, 0.15) is 36.5 Å². The van der Waals surface area contributed by atoms with Gasteiger partial charge in [-0.3, -0.25) is 19.2 Å². The van der Waals surface area contributed by atoms with Gasteiger partial charge in [-0.1, -0.05) is 182 Å². The van der Waals surface area contributed by atoms with Crippen LogP contribution >= 0.6 is 7.82 Å². The Bertz CT molecular complexity index is 1680. The van der Waals surface area contributed by atoms with Crippen LogP contribution in [-0.4, -0.2) is 158 Å². The topological polar surface area (TPSA) is 353 Å². The van der Waals surface area contributed by atoms with Crippen molar-refractivity contribution in [3.05, 3.63) is 0 Å². The minimum atomic E-state index is -6.03. The van der Waals surface area contributed by atoms with Crippen molar-refractivity contribution in [3.8, 4) is 0 Å². The van der Waals surface area contributed by atoms with Crippen LogP contribution in [0.3, 0.4) is 0 Å². The van der Waals surface area contributed by atoms with E-state index < -0.39 is 156 Å². The first-order valence-corrected chi connectivity index (χ1v) is 31.5. The maximum atomic E-state index is 13.7. The molecule has 2 saturated heterocycles. The summed E-state index contributed by atoms with van der Waals surface area (Å²) in [4.78, 5) is 78.9. The summed E-state index contributed by atoms with van der Waals surface area (Å²) in [5.74, 6) is -3.76. The molecule has 0 aromatic rings. The first kappa shape index (κ1) is 72.7. The summed E-state index contributed by atoms with van der Waals surface area (Å²) in [7, 11) is -6.03. The maximum absolute atomic E-state index is 13.7. The second-order valence-corrected chi connectivity index (χ2v) is 23.0. The average molecular weight is 1160 g/mol. The number of rotatable bonds is 46. The monoisotopic (exact) mass is 1150 g/mol. The summed E-state index contributed by atoms with van der Waals surface area (Å²) in [6.45, 7) is 6.58. The van der Waals surface area contributed by atoms with Crippen molar-refractivity contribution in [1.82, 2.24) is 10.6 Å². The van der Waals surface area contributed by atoms with Gasteiger partial charge in [0.15, 0.2) is 24.8 Å². The lowest BCUT2D eigenvalue weighted by Gasteiger charge is -2.47. The molecule has 2 fully saturated rings. The average Bonchev–Trinajstić information content (AvgIpc) is 3.38. The van der Waals surface area contributed by atoms with Crippen LogP contribution in [0.5, 0.6) is 0 Å². The number of carbonyl (C=O) groups is 4. The van der Waals surface area contributed by atoms with E-state index in [2.05, 4.69) is 38.3 Å². The van der Waals surface area contributed by atoms with Crippen molar-refractivity contribution in [2.24, 2.45) is 0 Å². The number of esters is 2. The number of aliphatic hydroxyl groups is 7. The molecule has 14 atom stereocenters. The lowest BCUT2D eigenvalue weighted by molar-refractivity contribution is -0.364. The molecular formula is C56H103N2O20P-2. The van der Waals surface area contributed by atoms with Crippen molar-refractivity contribution >= 4 is 31.6 Å². The van der Waals surface area contributed by atoms with E-state index >= 15 is 0 Å². The molecule has 0 aromatic carbocycles. The third-order valence-corrected chi connectivity index (χ3v) is 15.1. The first-order chi connectivity index (χ1) is 37.8. The fourth-order valence-electron chi connectivity index (χ4n) is 10.0. The van der Waals surface area contributed by atoms with E-state index in [4.69, 9.17) is 28.2 Å². The second-order valence-electron chi connectivity index (χ2n) is 21.9. The summed E-state index contributed by atoms with van der Waals surface area (Å²) in [6, 6.07) is -3.54. The Kier molecular flexibility index (Phi) is 39.0. The van der Waals surface area contributed by atoms with Crippen molar-refractivity contribution in [1.29, 1.82) is 0 Å². The SMILES string of the molecule is CCCCCCCCC[C@@H](O)CC(=O)N[C@H]1[C@H](OC[C@H]2O[C@H](OP(=O)([O-])[O-])[C@H](NC(=O)C[C@H](O)CCCCCCCCC)[C@@H](OC(=O)C[C@H](O)CCCCCCC)[C@@H]2O)O[C@H](CO)[C@@H](O)[C@@H]1OC(=O)C[C@H](O)CCCCCCC. The molecule has 2 heterocycles. The summed E-state index contributed by atoms with van der Waals surface area (Å²) in [5, 5.41) is 82.1. The molecule has 2 aliphatic heterocycles. The number of hydrogen-bond acceptors (Lipinski definition) is 20. The Balaban J connectivity index is 2.48. The number of carbonyl (C=O) groups excluding carboxylic acids is 4. The highest BCUT2D eigenvalue weighted by molar-refractivity contribution is 7.43. The maximum Gasteiger partial charge on any atom is 0.308 e. The lowest BCUT2D eigenvalue weighted by atomic mass is 9.95. The third kappa shape index (κ3) is 31.7. The van der Waals surface area contributed by atoms with Crippen LogP contribution in [0.2, 0.25) is 0 Å². The van der Waals surface area contributed by atoms with Gasteiger partial charge >= 0.3 is 11.9 Å². The molecule has 23 heteroatoms. The van der Waals surface area contributed by atoms with Crippen molar-refractivity contribution < 1.29 is 97.5 Å². The van der Waals surface area contributed by atoms with E-state index in [-0.39, 0.29) is 25.7 Å². The Morgan fingerprint density at radius 3 is 1.16 bits per heavy atom. The Morgan fingerprint density at radius 1 is 0.494 bits per heavy atom. The van der Waals surface area contributed by atoms with E-state index in [1.165, 1.54) is 0 Å². The molecule has 0 unspecified atom stereocenters. The van der Waals surface area contributed by atoms with Gasteiger partial charge in [0.2, 0.25) is 11.8 Å². The van der Waals surface area contributed by atoms with E-state index in [9.17, 15) is 69.3 Å². The normalized spacial score (nSPS) is 25.0. The van der Waals surface area contributed by atoms with E-state index in [0.717, 1.165) is 128 Å². The second kappa shape index (κ2) is 42.4. The fourth-order valence-corrected chi connectivity index (χ4v) is 10.4. The first-order valence-electron chi connectivity index (χ1n) is 30.1. The molecule has 464 valence electrons. The number of hydrogen-bond donors (Lipinski definition) is 9. The van der Waals surface area contributed by atoms with Gasteiger partial charge < -0.3 is 88.9 Å². The molecule has 0 aromatic heterocycles. The van der Waals surface area contributed by atoms with Gasteiger partial charge in [0, 0.05) is 0 Å². The molecule has 0 spiro atoms. The van der Waals surface area contributed by atoms with Crippen LogP contribution in [0.15, 0.2) is 0 Å². The van der Waals surface area contributed by atoms with E-state index in [0.29, 0.717) is 25.7 Å². The third-order valence-electron chi connectivity index (χ3n) is 14.6. The zero-order valence-corrected chi connectivity index (χ0v) is 48.9. The molecule has 22 nitrogen and oxygen atoms in total. The van der Waals surface area contributed by atoms with Gasteiger partial charge in [-0.15, -0.1) is 0 Å². The number of ether oxygens (including phenoxy) is 5. The lowest BCUT2D eigenvalue weighted by Crippen LogP contribution is -2.68. The van der Waals surface area contributed by atoms with Crippen LogP contribution in [-0.2, 0) is 52.0 Å². The number of aliphatic hydroxyl groups excluding tert-OH is 7. The van der Waals surface area contributed by atoms with Gasteiger partial charge in [0.05, 0.1) is 71.1 Å². The smallest absolute Gasteiger partial charge is 0.308 e. The molecule has 2 amide bonds. The van der Waals surface area contributed by atoms with E-state index in [1.54, 1.807) is 0 Å². The summed E-state index contributed by atoms with van der Waals surface area (Å²) >= 11 is 0. The zero-order chi connectivity index (χ0) is 58.6. The van der Waals surface area contributed by atoms with Crippen molar-refractivity contribution in [2.45, 2.75) is 319 Å². The number of nitrogens with one attached hydrogen (secondary N) is 2. The molecule has 79 heavy (non-hydrogen) atoms. The highest BCUT2D eigenvalue weighted by atomic mass is 31.2. The molecule has 0 radical (unpaired) electrons. The predicted octanol–water partition coefficient (Wildman–Crippen LogP) is 4.81. The van der Waals surface area contributed by atoms with Gasteiger partial charge in [-0.05, 0) is 25.7 Å². The van der Waals surface area contributed by atoms with Crippen molar-refractivity contribution in [2.75, 3.05) is 13.2 Å². The van der Waals surface area contributed by atoms with Crippen molar-refractivity contribution in [3.63, 3.8) is 0 Å². The summed E-state index contributed by atoms with van der Waals surface area (Å²) < 4.78 is 46.3. The molecular weight excluding hydrogens is 1050 g/mol. The minimum Gasteiger partial charge on any atom is -0.790 e. The molecule has 9 N–H and O–H groups in total. The molecule has 0 saturated carbocycles. The number of phosphoric acid groups is 1. The quantitative estimate of drug-likeness (QED) is 0.0224. The van der Waals surface area contributed by atoms with Crippen LogP contribution in [0, 0.1) is 0 Å². The minimum absolute atomic E-state index is 0.223. The fraction of sp³-hybridized carbons (Fsp3) is 0.929. The largest absolute Gasteiger partial charge is 0.790 e. The van der Waals surface area contributed by atoms with Gasteiger partial charge in [0.25, 0.3) is 0 Å². The highest BCUT2D eigenvalue weighted by Crippen LogP contribution is 2.36. The van der Waals surface area contributed by atoms with Crippen LogP contribution in [0.25, 0.3) is 0 Å². The number of phosphoric ester groups is 1. The van der Waals surface area contributed by atoms with Crippen LogP contribution < -0.4 is 20.4 Å². The zero-order valence-electron chi connectivity index (χ0n) is 48.0. The summed E-state index contributed by atoms with van der Waals surface area (Å²) in [6.07, 6.45) is 1.66. The van der Waals surface area contributed by atoms with E-state index in [1.807, 2.05) is 0 Å². The Hall–Kier alpha value is -2.41. The summed E-state index contributed by atoms with van der Waals surface area (Å²) in [5.41, 5.74) is 0. The molecule has 0 aliphatic carbocycles. The molecule has 0 bridgehead atoms.